The summed E-state index contributed by atoms with van der Waals surface area (Å²) in [6.45, 7) is 0. The molecule has 2 aromatic heterocycles. The fraction of sp³-hybridized carbons (Fsp3) is 0.304. The number of alkyl halides is 1. The number of aromatic amines is 1. The lowest BCUT2D eigenvalue weighted by molar-refractivity contribution is 0.167. The molecule has 0 spiro atoms. The van der Waals surface area contributed by atoms with E-state index in [-0.39, 0.29) is 11.7 Å². The summed E-state index contributed by atoms with van der Waals surface area (Å²) in [6, 6.07) is 12.0. The molecular weight excluding hydrogens is 392 g/mol. The normalized spacial score (nSPS) is 20.9. The molecule has 1 unspecified atom stereocenters. The Hall–Kier alpha value is -2.53. The summed E-state index contributed by atoms with van der Waals surface area (Å²) in [5, 5.41) is 1.46. The molecule has 0 saturated heterocycles. The van der Waals surface area contributed by atoms with E-state index in [1.165, 1.54) is 6.07 Å². The van der Waals surface area contributed by atoms with E-state index < -0.39 is 6.17 Å². The Kier molecular flexibility index (Phi) is 4.70. The van der Waals surface area contributed by atoms with Gasteiger partial charge in [0.25, 0.3) is 0 Å². The first-order valence-electron chi connectivity index (χ1n) is 9.92. The summed E-state index contributed by atoms with van der Waals surface area (Å²) in [4.78, 5) is 11.8. The van der Waals surface area contributed by atoms with E-state index in [2.05, 4.69) is 15.0 Å². The predicted octanol–water partition coefficient (Wildman–Crippen LogP) is 6.89. The largest absolute Gasteiger partial charge is 0.339 e. The average Bonchev–Trinajstić information content (AvgIpc) is 3.16. The number of halogens is 3. The van der Waals surface area contributed by atoms with Crippen LogP contribution in [-0.4, -0.2) is 15.0 Å². The third-order valence-electron chi connectivity index (χ3n) is 6.09. The van der Waals surface area contributed by atoms with Crippen LogP contribution in [0.2, 0.25) is 5.02 Å². The van der Waals surface area contributed by atoms with Crippen LogP contribution < -0.4 is 0 Å². The number of H-pyrrole nitrogens is 1. The van der Waals surface area contributed by atoms with Crippen LogP contribution in [0.1, 0.15) is 49.2 Å². The Balaban J connectivity index is 1.34. The highest BCUT2D eigenvalue weighted by Crippen LogP contribution is 2.43. The van der Waals surface area contributed by atoms with Crippen molar-refractivity contribution in [3.05, 3.63) is 70.9 Å². The van der Waals surface area contributed by atoms with Crippen molar-refractivity contribution in [1.82, 2.24) is 15.0 Å². The molecule has 1 fully saturated rings. The van der Waals surface area contributed by atoms with Crippen LogP contribution in [0.4, 0.5) is 8.78 Å². The zero-order chi connectivity index (χ0) is 20.0. The van der Waals surface area contributed by atoms with Gasteiger partial charge >= 0.3 is 0 Å². The third-order valence-corrected chi connectivity index (χ3v) is 6.32. The fourth-order valence-electron chi connectivity index (χ4n) is 4.57. The van der Waals surface area contributed by atoms with Crippen molar-refractivity contribution in [2.24, 2.45) is 5.92 Å². The number of hydrogen-bond acceptors (Lipinski definition) is 2. The van der Waals surface area contributed by atoms with Crippen molar-refractivity contribution in [1.29, 1.82) is 0 Å². The van der Waals surface area contributed by atoms with Crippen molar-refractivity contribution >= 4 is 33.5 Å². The van der Waals surface area contributed by atoms with E-state index in [1.807, 2.05) is 6.07 Å². The molecule has 1 N–H and O–H groups in total. The van der Waals surface area contributed by atoms with Gasteiger partial charge < -0.3 is 4.98 Å². The molecule has 4 aromatic rings. The number of rotatable bonds is 3. The molecular formula is C23H20ClF2N3. The lowest BCUT2D eigenvalue weighted by atomic mass is 9.76. The molecule has 5 rings (SSSR count). The van der Waals surface area contributed by atoms with E-state index >= 15 is 4.39 Å². The van der Waals surface area contributed by atoms with Crippen LogP contribution in [0.3, 0.4) is 0 Å². The van der Waals surface area contributed by atoms with Crippen molar-refractivity contribution in [3.63, 3.8) is 0 Å². The molecule has 1 saturated carbocycles. The third kappa shape index (κ3) is 3.48. The zero-order valence-electron chi connectivity index (χ0n) is 15.7. The summed E-state index contributed by atoms with van der Waals surface area (Å²) in [5.41, 5.74) is 3.40. The van der Waals surface area contributed by atoms with Gasteiger partial charge in [0, 0.05) is 16.6 Å². The SMILES string of the molecule is Fc1ccc2nccc(C3CCC(C(F)c4nc5ccc(Cl)cc5[nH]4)CC3)c2c1. The zero-order valence-corrected chi connectivity index (χ0v) is 16.5. The van der Waals surface area contributed by atoms with Gasteiger partial charge in [-0.05, 0) is 85.5 Å². The second-order valence-electron chi connectivity index (χ2n) is 7.86. The van der Waals surface area contributed by atoms with Crippen LogP contribution in [-0.2, 0) is 0 Å². The Morgan fingerprint density at radius 1 is 1.00 bits per heavy atom. The highest BCUT2D eigenvalue weighted by molar-refractivity contribution is 6.31. The summed E-state index contributed by atoms with van der Waals surface area (Å²) in [6.07, 6.45) is 3.92. The van der Waals surface area contributed by atoms with Gasteiger partial charge in [-0.25, -0.2) is 13.8 Å². The first kappa shape index (κ1) is 18.5. The second kappa shape index (κ2) is 7.38. The van der Waals surface area contributed by atoms with E-state index in [0.717, 1.165) is 53.2 Å². The number of imidazole rings is 1. The Labute approximate surface area is 172 Å². The summed E-state index contributed by atoms with van der Waals surface area (Å²) >= 11 is 6.01. The van der Waals surface area contributed by atoms with Crippen LogP contribution in [0.25, 0.3) is 21.9 Å². The standard InChI is InChI=1S/C23H20ClF2N3/c24-15-5-7-20-21(11-15)29-23(28-20)22(26)14-3-1-13(2-4-14)17-9-10-27-19-8-6-16(25)12-18(17)19/h5-14,22H,1-4H2,(H,28,29). The van der Waals surface area contributed by atoms with Gasteiger partial charge in [-0.1, -0.05) is 11.6 Å². The number of fused-ring (bicyclic) bond motifs is 2. The monoisotopic (exact) mass is 411 g/mol. The second-order valence-corrected chi connectivity index (χ2v) is 8.30. The van der Waals surface area contributed by atoms with Crippen LogP contribution >= 0.6 is 11.6 Å². The Bertz CT molecular complexity index is 1180. The quantitative estimate of drug-likeness (QED) is 0.399. The minimum absolute atomic E-state index is 0.0767. The van der Waals surface area contributed by atoms with Gasteiger partial charge in [-0.2, -0.15) is 0 Å². The molecule has 3 nitrogen and oxygen atoms in total. The number of benzene rings is 2. The molecule has 1 atom stereocenters. The lowest BCUT2D eigenvalue weighted by Crippen LogP contribution is -2.18. The number of nitrogens with zero attached hydrogens (tertiary/aromatic N) is 2. The molecule has 1 aliphatic rings. The van der Waals surface area contributed by atoms with Gasteiger partial charge in [-0.3, -0.25) is 4.98 Å². The maximum absolute atomic E-state index is 15.2. The molecule has 2 heterocycles. The highest BCUT2D eigenvalue weighted by Gasteiger charge is 2.31. The number of aromatic nitrogens is 3. The van der Waals surface area contributed by atoms with Crippen molar-refractivity contribution < 1.29 is 8.78 Å². The number of nitrogens with one attached hydrogen (secondary N) is 1. The van der Waals surface area contributed by atoms with Crippen LogP contribution in [0, 0.1) is 11.7 Å². The molecule has 2 aromatic carbocycles. The number of pyridine rings is 1. The van der Waals surface area contributed by atoms with E-state index in [0.29, 0.717) is 16.8 Å². The lowest BCUT2D eigenvalue weighted by Gasteiger charge is -2.30. The molecule has 1 aliphatic carbocycles. The molecule has 0 bridgehead atoms. The van der Waals surface area contributed by atoms with Crippen molar-refractivity contribution in [3.8, 4) is 0 Å². The maximum Gasteiger partial charge on any atom is 0.160 e. The van der Waals surface area contributed by atoms with Crippen LogP contribution in [0.15, 0.2) is 48.7 Å². The smallest absolute Gasteiger partial charge is 0.160 e. The summed E-state index contributed by atoms with van der Waals surface area (Å²) in [5.74, 6) is 0.337. The van der Waals surface area contributed by atoms with Gasteiger partial charge in [0.05, 0.1) is 16.6 Å². The molecule has 0 amide bonds. The summed E-state index contributed by atoms with van der Waals surface area (Å²) < 4.78 is 29.0. The molecule has 6 heteroatoms. The molecule has 0 radical (unpaired) electrons. The first-order chi connectivity index (χ1) is 14.1. The van der Waals surface area contributed by atoms with E-state index in [4.69, 9.17) is 11.6 Å². The fourth-order valence-corrected chi connectivity index (χ4v) is 4.75. The number of hydrogen-bond donors (Lipinski definition) is 1. The predicted molar refractivity (Wildman–Crippen MR) is 111 cm³/mol. The van der Waals surface area contributed by atoms with Crippen molar-refractivity contribution in [2.45, 2.75) is 37.8 Å². The van der Waals surface area contributed by atoms with Gasteiger partial charge in [0.2, 0.25) is 0 Å². The molecule has 148 valence electrons. The highest BCUT2D eigenvalue weighted by atomic mass is 35.5. The first-order valence-corrected chi connectivity index (χ1v) is 10.3. The topological polar surface area (TPSA) is 41.6 Å². The molecule has 0 aliphatic heterocycles. The minimum atomic E-state index is -1.13. The van der Waals surface area contributed by atoms with Gasteiger partial charge in [0.1, 0.15) is 11.6 Å². The Morgan fingerprint density at radius 3 is 2.62 bits per heavy atom. The van der Waals surface area contributed by atoms with Gasteiger partial charge in [-0.15, -0.1) is 0 Å². The maximum atomic E-state index is 15.2. The summed E-state index contributed by atoms with van der Waals surface area (Å²) in [7, 11) is 0. The average molecular weight is 412 g/mol. The van der Waals surface area contributed by atoms with E-state index in [9.17, 15) is 4.39 Å². The van der Waals surface area contributed by atoms with E-state index in [1.54, 1.807) is 36.5 Å². The Morgan fingerprint density at radius 2 is 1.79 bits per heavy atom. The minimum Gasteiger partial charge on any atom is -0.339 e. The molecule has 29 heavy (non-hydrogen) atoms. The van der Waals surface area contributed by atoms with Crippen molar-refractivity contribution in [2.75, 3.05) is 0 Å². The van der Waals surface area contributed by atoms with Crippen LogP contribution in [0.5, 0.6) is 0 Å². The van der Waals surface area contributed by atoms with Gasteiger partial charge in [0.15, 0.2) is 6.17 Å².